The Kier molecular flexibility index (Phi) is 5.96. The number of amides is 1. The fourth-order valence-corrected chi connectivity index (χ4v) is 5.04. The molecule has 5 nitrogen and oxygen atoms in total. The first-order chi connectivity index (χ1) is 13.2. The van der Waals surface area contributed by atoms with Gasteiger partial charge in [-0.2, -0.15) is 0 Å². The predicted octanol–water partition coefficient (Wildman–Crippen LogP) is 3.31. The van der Waals surface area contributed by atoms with Gasteiger partial charge in [0.2, 0.25) is 0 Å². The first-order valence-electron chi connectivity index (χ1n) is 10.9. The van der Waals surface area contributed by atoms with Gasteiger partial charge >= 0.3 is 0 Å². The first kappa shape index (κ1) is 18.7. The van der Waals surface area contributed by atoms with Crippen LogP contribution in [0, 0.1) is 11.8 Å². The summed E-state index contributed by atoms with van der Waals surface area (Å²) in [5.74, 6) is 1.72. The second-order valence-corrected chi connectivity index (χ2v) is 8.71. The Hall–Kier alpha value is -1.62. The number of pyridine rings is 1. The average Bonchev–Trinajstić information content (AvgIpc) is 2.68. The molecule has 2 saturated heterocycles. The molecule has 1 aromatic heterocycles. The largest absolute Gasteiger partial charge is 0.370 e. The summed E-state index contributed by atoms with van der Waals surface area (Å²) >= 11 is 0. The maximum Gasteiger partial charge on any atom is 0.269 e. The lowest BCUT2D eigenvalue weighted by atomic mass is 9.81. The molecule has 1 N–H and O–H groups in total. The number of piperidine rings is 2. The van der Waals surface area contributed by atoms with Crippen LogP contribution in [0.15, 0.2) is 18.3 Å². The zero-order valence-electron chi connectivity index (χ0n) is 16.7. The lowest BCUT2D eigenvalue weighted by Gasteiger charge is -2.43. The molecule has 0 bridgehead atoms. The molecular formula is C22H34N4O. The monoisotopic (exact) mass is 370 g/mol. The summed E-state index contributed by atoms with van der Waals surface area (Å²) in [5.41, 5.74) is 1.64. The molecule has 5 heteroatoms. The van der Waals surface area contributed by atoms with E-state index >= 15 is 0 Å². The highest BCUT2D eigenvalue weighted by molar-refractivity contribution is 5.92. The molecule has 3 aliphatic rings. The van der Waals surface area contributed by atoms with Crippen LogP contribution in [0.5, 0.6) is 0 Å². The van der Waals surface area contributed by atoms with Crippen LogP contribution in [-0.2, 0) is 0 Å². The van der Waals surface area contributed by atoms with E-state index in [-0.39, 0.29) is 5.91 Å². The van der Waals surface area contributed by atoms with E-state index in [0.717, 1.165) is 36.7 Å². The van der Waals surface area contributed by atoms with E-state index in [0.29, 0.717) is 5.69 Å². The van der Waals surface area contributed by atoms with Gasteiger partial charge in [0.15, 0.2) is 0 Å². The van der Waals surface area contributed by atoms with Crippen LogP contribution in [0.25, 0.3) is 0 Å². The Labute approximate surface area is 163 Å². The second kappa shape index (κ2) is 8.59. The highest BCUT2D eigenvalue weighted by atomic mass is 16.1. The zero-order valence-corrected chi connectivity index (χ0v) is 16.7. The number of carbonyl (C=O) groups excluding carboxylic acids is 1. The fourth-order valence-electron chi connectivity index (χ4n) is 5.04. The van der Waals surface area contributed by atoms with Gasteiger partial charge in [-0.05, 0) is 82.0 Å². The Morgan fingerprint density at radius 2 is 1.70 bits per heavy atom. The normalized spacial score (nSPS) is 23.2. The molecule has 0 atom stereocenters. The van der Waals surface area contributed by atoms with Crippen LogP contribution in [-0.4, -0.2) is 55.1 Å². The molecule has 0 spiro atoms. The van der Waals surface area contributed by atoms with E-state index < -0.39 is 0 Å². The number of nitrogens with zero attached hydrogens (tertiary/aromatic N) is 3. The molecule has 2 aliphatic heterocycles. The summed E-state index contributed by atoms with van der Waals surface area (Å²) in [6.07, 6.45) is 13.0. The molecule has 27 heavy (non-hydrogen) atoms. The van der Waals surface area contributed by atoms with Gasteiger partial charge in [0.25, 0.3) is 5.91 Å². The summed E-state index contributed by atoms with van der Waals surface area (Å²) in [5, 5.41) is 2.62. The Balaban J connectivity index is 1.20. The van der Waals surface area contributed by atoms with Gasteiger partial charge in [-0.15, -0.1) is 0 Å². The number of rotatable bonds is 5. The van der Waals surface area contributed by atoms with E-state index in [2.05, 4.69) is 20.1 Å². The topological polar surface area (TPSA) is 48.5 Å². The summed E-state index contributed by atoms with van der Waals surface area (Å²) in [6.45, 7) is 4.92. The molecule has 4 rings (SSSR count). The van der Waals surface area contributed by atoms with Crippen molar-refractivity contribution in [2.45, 2.75) is 57.4 Å². The van der Waals surface area contributed by atoms with Crippen LogP contribution in [0.1, 0.15) is 61.9 Å². The van der Waals surface area contributed by atoms with Crippen molar-refractivity contribution in [1.82, 2.24) is 15.2 Å². The smallest absolute Gasteiger partial charge is 0.269 e. The Morgan fingerprint density at radius 3 is 2.22 bits per heavy atom. The summed E-state index contributed by atoms with van der Waals surface area (Å²) in [4.78, 5) is 21.1. The second-order valence-electron chi connectivity index (χ2n) is 8.71. The van der Waals surface area contributed by atoms with Crippen molar-refractivity contribution < 1.29 is 4.79 Å². The molecule has 0 aromatic carbocycles. The Morgan fingerprint density at radius 1 is 1.04 bits per heavy atom. The predicted molar refractivity (Wildman–Crippen MR) is 109 cm³/mol. The number of anilines is 1. The van der Waals surface area contributed by atoms with Crippen molar-refractivity contribution in [1.29, 1.82) is 0 Å². The van der Waals surface area contributed by atoms with Gasteiger partial charge < -0.3 is 15.1 Å². The number of carbonyl (C=O) groups is 1. The minimum absolute atomic E-state index is 0.122. The lowest BCUT2D eigenvalue weighted by Crippen LogP contribution is -2.45. The van der Waals surface area contributed by atoms with Gasteiger partial charge in [0.1, 0.15) is 5.69 Å². The third-order valence-corrected chi connectivity index (χ3v) is 7.09. The molecular weight excluding hydrogens is 336 g/mol. The lowest BCUT2D eigenvalue weighted by molar-refractivity contribution is 0.0772. The number of hydrogen-bond acceptors (Lipinski definition) is 4. The minimum Gasteiger partial charge on any atom is -0.370 e. The molecule has 0 unspecified atom stereocenters. The van der Waals surface area contributed by atoms with Gasteiger partial charge in [-0.3, -0.25) is 4.79 Å². The highest BCUT2D eigenvalue weighted by Crippen LogP contribution is 2.34. The molecule has 3 fully saturated rings. The summed E-state index contributed by atoms with van der Waals surface area (Å²) < 4.78 is 0. The number of nitrogens with one attached hydrogen (secondary N) is 1. The van der Waals surface area contributed by atoms with Crippen molar-refractivity contribution in [2.24, 2.45) is 11.8 Å². The zero-order chi connectivity index (χ0) is 18.6. The van der Waals surface area contributed by atoms with Gasteiger partial charge in [0.05, 0.1) is 11.9 Å². The van der Waals surface area contributed by atoms with Crippen molar-refractivity contribution in [3.8, 4) is 0 Å². The third-order valence-electron chi connectivity index (χ3n) is 7.09. The fraction of sp³-hybridized carbons (Fsp3) is 0.727. The average molecular weight is 371 g/mol. The standard InChI is InChI=1S/C22H34N4O/c1-23-22(27)21-6-5-20(16-24-21)26-13-9-18(10-14-26)15-17-7-11-25(12-8-17)19-3-2-4-19/h5-6,16-19H,2-4,7-15H2,1H3,(H,23,27). The van der Waals surface area contributed by atoms with E-state index in [1.54, 1.807) is 7.05 Å². The summed E-state index contributed by atoms with van der Waals surface area (Å²) in [7, 11) is 1.64. The van der Waals surface area contributed by atoms with Crippen molar-refractivity contribution in [3.05, 3.63) is 24.0 Å². The molecule has 3 heterocycles. The SMILES string of the molecule is CNC(=O)c1ccc(N2CCC(CC3CCN(C4CCC4)CC3)CC2)cn1. The maximum absolute atomic E-state index is 11.6. The van der Waals surface area contributed by atoms with E-state index in [1.165, 1.54) is 64.5 Å². The molecule has 1 amide bonds. The van der Waals surface area contributed by atoms with E-state index in [9.17, 15) is 4.79 Å². The van der Waals surface area contributed by atoms with Crippen LogP contribution in [0.2, 0.25) is 0 Å². The first-order valence-corrected chi connectivity index (χ1v) is 10.9. The van der Waals surface area contributed by atoms with Gasteiger partial charge in [-0.1, -0.05) is 6.42 Å². The Bertz CT molecular complexity index is 612. The van der Waals surface area contributed by atoms with Crippen LogP contribution >= 0.6 is 0 Å². The quantitative estimate of drug-likeness (QED) is 0.864. The summed E-state index contributed by atoms with van der Waals surface area (Å²) in [6, 6.07) is 4.79. The van der Waals surface area contributed by atoms with Crippen LogP contribution in [0.4, 0.5) is 5.69 Å². The number of likely N-dealkylation sites (tertiary alicyclic amines) is 1. The molecule has 0 radical (unpaired) electrons. The van der Waals surface area contributed by atoms with Gasteiger partial charge in [-0.25, -0.2) is 4.98 Å². The molecule has 148 valence electrons. The molecule has 1 aliphatic carbocycles. The third kappa shape index (κ3) is 4.45. The maximum atomic E-state index is 11.6. The van der Waals surface area contributed by atoms with Crippen LogP contribution < -0.4 is 10.2 Å². The minimum atomic E-state index is -0.122. The van der Waals surface area contributed by atoms with Gasteiger partial charge in [0, 0.05) is 26.2 Å². The molecule has 1 saturated carbocycles. The molecule has 1 aromatic rings. The van der Waals surface area contributed by atoms with Crippen molar-refractivity contribution >= 4 is 11.6 Å². The van der Waals surface area contributed by atoms with Crippen LogP contribution in [0.3, 0.4) is 0 Å². The van der Waals surface area contributed by atoms with Crippen molar-refractivity contribution in [2.75, 3.05) is 38.1 Å². The number of aromatic nitrogens is 1. The van der Waals surface area contributed by atoms with Crippen molar-refractivity contribution in [3.63, 3.8) is 0 Å². The number of hydrogen-bond donors (Lipinski definition) is 1. The highest BCUT2D eigenvalue weighted by Gasteiger charge is 2.30. The van der Waals surface area contributed by atoms with E-state index in [1.807, 2.05) is 18.3 Å². The van der Waals surface area contributed by atoms with E-state index in [4.69, 9.17) is 0 Å².